The number of hydrogen-bond donors (Lipinski definition) is 1. The third-order valence-corrected chi connectivity index (χ3v) is 2.21. The van der Waals surface area contributed by atoms with Crippen LogP contribution in [0, 0.1) is 0 Å². The van der Waals surface area contributed by atoms with Crippen LogP contribution in [0.3, 0.4) is 0 Å². The Balaban J connectivity index is 2.62. The Morgan fingerprint density at radius 1 is 1.64 bits per heavy atom. The van der Waals surface area contributed by atoms with E-state index in [0.29, 0.717) is 16.4 Å². The van der Waals surface area contributed by atoms with Gasteiger partial charge in [-0.2, -0.15) is 0 Å². The summed E-state index contributed by atoms with van der Waals surface area (Å²) in [6, 6.07) is 3.29. The van der Waals surface area contributed by atoms with Crippen molar-refractivity contribution < 1.29 is 9.53 Å². The number of carbonyl (C=O) groups is 1. The molecule has 0 aromatic carbocycles. The van der Waals surface area contributed by atoms with E-state index in [1.165, 1.54) is 7.11 Å². The molecule has 4 nitrogen and oxygen atoms in total. The minimum absolute atomic E-state index is 0.350. The number of carbonyl (C=O) groups excluding carboxylic acids is 1. The maximum Gasteiger partial charge on any atom is 0.354 e. The second-order valence-electron chi connectivity index (χ2n) is 2.73. The van der Waals surface area contributed by atoms with Crippen molar-refractivity contribution in [3.8, 4) is 0 Å². The predicted octanol–water partition coefficient (Wildman–Crippen LogP) is 2.00. The van der Waals surface area contributed by atoms with Gasteiger partial charge in [-0.1, -0.05) is 11.6 Å². The van der Waals surface area contributed by atoms with Crippen LogP contribution in [0.4, 0.5) is 0 Å². The zero-order valence-electron chi connectivity index (χ0n) is 7.37. The predicted molar refractivity (Wildman–Crippen MR) is 52.4 cm³/mol. The van der Waals surface area contributed by atoms with E-state index < -0.39 is 5.97 Å². The summed E-state index contributed by atoms with van der Waals surface area (Å²) in [5.41, 5.74) is 0.931. The van der Waals surface area contributed by atoms with Crippen LogP contribution in [0.1, 0.15) is 10.5 Å². The van der Waals surface area contributed by atoms with Crippen molar-refractivity contribution in [2.24, 2.45) is 0 Å². The Labute approximate surface area is 84.9 Å². The van der Waals surface area contributed by atoms with Crippen LogP contribution in [-0.2, 0) is 4.74 Å². The minimum atomic E-state index is -0.431. The molecule has 0 amide bonds. The lowest BCUT2D eigenvalue weighted by molar-refractivity contribution is 0.0595. The maximum atomic E-state index is 11.2. The van der Waals surface area contributed by atoms with Gasteiger partial charge in [-0.25, -0.2) is 9.78 Å². The first-order chi connectivity index (χ1) is 6.72. The van der Waals surface area contributed by atoms with Crippen molar-refractivity contribution in [3.63, 3.8) is 0 Å². The molecule has 5 heteroatoms. The number of H-pyrrole nitrogens is 1. The van der Waals surface area contributed by atoms with Crippen LogP contribution in [0.2, 0.25) is 5.02 Å². The summed E-state index contributed by atoms with van der Waals surface area (Å²) in [6.45, 7) is 0. The van der Waals surface area contributed by atoms with E-state index in [4.69, 9.17) is 11.6 Å². The lowest BCUT2D eigenvalue weighted by Crippen LogP contribution is -2.00. The highest BCUT2D eigenvalue weighted by Gasteiger charge is 2.11. The van der Waals surface area contributed by atoms with Crippen LogP contribution < -0.4 is 0 Å². The number of fused-ring (bicyclic) bond motifs is 1. The fourth-order valence-electron chi connectivity index (χ4n) is 1.21. The highest BCUT2D eigenvalue weighted by atomic mass is 35.5. The Morgan fingerprint density at radius 2 is 2.43 bits per heavy atom. The largest absolute Gasteiger partial charge is 0.464 e. The van der Waals surface area contributed by atoms with Gasteiger partial charge in [0.15, 0.2) is 0 Å². The van der Waals surface area contributed by atoms with Crippen LogP contribution in [0.25, 0.3) is 11.0 Å². The summed E-state index contributed by atoms with van der Waals surface area (Å²) >= 11 is 5.91. The third kappa shape index (κ3) is 1.33. The molecule has 0 aliphatic rings. The Hall–Kier alpha value is -1.55. The van der Waals surface area contributed by atoms with Crippen molar-refractivity contribution in [1.82, 2.24) is 9.97 Å². The molecule has 0 unspecified atom stereocenters. The van der Waals surface area contributed by atoms with E-state index in [0.717, 1.165) is 5.39 Å². The first-order valence-electron chi connectivity index (χ1n) is 3.94. The maximum absolute atomic E-state index is 11.2. The second-order valence-corrected chi connectivity index (χ2v) is 3.14. The first kappa shape index (κ1) is 9.02. The zero-order chi connectivity index (χ0) is 10.1. The molecule has 0 radical (unpaired) electrons. The molecule has 0 aliphatic heterocycles. The number of methoxy groups -OCH3 is 1. The van der Waals surface area contributed by atoms with Gasteiger partial charge < -0.3 is 9.72 Å². The van der Waals surface area contributed by atoms with Gasteiger partial charge in [-0.3, -0.25) is 0 Å². The molecule has 0 saturated heterocycles. The molecule has 0 aliphatic carbocycles. The average Bonchev–Trinajstić information content (AvgIpc) is 2.62. The van der Waals surface area contributed by atoms with E-state index in [1.54, 1.807) is 18.3 Å². The van der Waals surface area contributed by atoms with Gasteiger partial charge in [0.05, 0.1) is 12.1 Å². The summed E-state index contributed by atoms with van der Waals surface area (Å²) in [5, 5.41) is 1.27. The number of esters is 1. The standard InChI is InChI=1S/C9H7ClN2O2/c1-14-9(13)7-4-5-6(10)2-3-11-8(5)12-7/h2-4H,1H3,(H,11,12). The van der Waals surface area contributed by atoms with Gasteiger partial charge in [0, 0.05) is 11.6 Å². The van der Waals surface area contributed by atoms with Crippen molar-refractivity contribution in [1.29, 1.82) is 0 Å². The molecule has 2 rings (SSSR count). The average molecular weight is 211 g/mol. The monoisotopic (exact) mass is 210 g/mol. The normalized spacial score (nSPS) is 10.4. The lowest BCUT2D eigenvalue weighted by atomic mass is 10.3. The van der Waals surface area contributed by atoms with Crippen molar-refractivity contribution >= 4 is 28.6 Å². The van der Waals surface area contributed by atoms with Crippen LogP contribution in [0.15, 0.2) is 18.3 Å². The molecular weight excluding hydrogens is 204 g/mol. The third-order valence-electron chi connectivity index (χ3n) is 1.88. The van der Waals surface area contributed by atoms with E-state index in [2.05, 4.69) is 14.7 Å². The molecule has 1 N–H and O–H groups in total. The number of nitrogens with zero attached hydrogens (tertiary/aromatic N) is 1. The van der Waals surface area contributed by atoms with Gasteiger partial charge in [0.2, 0.25) is 0 Å². The molecule has 2 aromatic heterocycles. The number of rotatable bonds is 1. The molecule has 14 heavy (non-hydrogen) atoms. The van der Waals surface area contributed by atoms with Gasteiger partial charge in [-0.05, 0) is 12.1 Å². The van der Waals surface area contributed by atoms with Gasteiger partial charge in [0.1, 0.15) is 11.3 Å². The SMILES string of the molecule is COC(=O)c1cc2c(Cl)ccnc2[nH]1. The summed E-state index contributed by atoms with van der Waals surface area (Å²) in [6.07, 6.45) is 1.57. The first-order valence-corrected chi connectivity index (χ1v) is 4.31. The highest BCUT2D eigenvalue weighted by Crippen LogP contribution is 2.22. The number of nitrogens with one attached hydrogen (secondary N) is 1. The fraction of sp³-hybridized carbons (Fsp3) is 0.111. The smallest absolute Gasteiger partial charge is 0.354 e. The summed E-state index contributed by atoms with van der Waals surface area (Å²) < 4.78 is 4.56. The van der Waals surface area contributed by atoms with E-state index in [1.807, 2.05) is 0 Å². The molecule has 0 spiro atoms. The van der Waals surface area contributed by atoms with Gasteiger partial charge >= 0.3 is 5.97 Å². The van der Waals surface area contributed by atoms with Crippen LogP contribution >= 0.6 is 11.6 Å². The molecule has 0 atom stereocenters. The second kappa shape index (κ2) is 3.31. The fourth-order valence-corrected chi connectivity index (χ4v) is 1.41. The summed E-state index contributed by atoms with van der Waals surface area (Å²) in [7, 11) is 1.32. The number of hydrogen-bond acceptors (Lipinski definition) is 3. The van der Waals surface area contributed by atoms with E-state index in [-0.39, 0.29) is 0 Å². The van der Waals surface area contributed by atoms with Crippen LogP contribution in [-0.4, -0.2) is 23.0 Å². The van der Waals surface area contributed by atoms with Crippen molar-refractivity contribution in [3.05, 3.63) is 29.0 Å². The molecule has 0 saturated carbocycles. The number of aromatic amines is 1. The Morgan fingerprint density at radius 3 is 3.07 bits per heavy atom. The quantitative estimate of drug-likeness (QED) is 0.733. The molecule has 72 valence electrons. The molecular formula is C9H7ClN2O2. The number of aromatic nitrogens is 2. The summed E-state index contributed by atoms with van der Waals surface area (Å²) in [4.78, 5) is 18.0. The zero-order valence-corrected chi connectivity index (χ0v) is 8.13. The van der Waals surface area contributed by atoms with Crippen LogP contribution in [0.5, 0.6) is 0 Å². The summed E-state index contributed by atoms with van der Waals surface area (Å²) in [5.74, 6) is -0.431. The van der Waals surface area contributed by atoms with Gasteiger partial charge in [0.25, 0.3) is 0 Å². The lowest BCUT2D eigenvalue weighted by Gasteiger charge is -1.91. The highest BCUT2D eigenvalue weighted by molar-refractivity contribution is 6.35. The number of pyridine rings is 1. The molecule has 0 fully saturated rings. The van der Waals surface area contributed by atoms with Crippen molar-refractivity contribution in [2.75, 3.05) is 7.11 Å². The Kier molecular flexibility index (Phi) is 2.13. The van der Waals surface area contributed by atoms with Gasteiger partial charge in [-0.15, -0.1) is 0 Å². The number of ether oxygens (including phenoxy) is 1. The van der Waals surface area contributed by atoms with E-state index >= 15 is 0 Å². The number of halogens is 1. The topological polar surface area (TPSA) is 55.0 Å². The molecule has 0 bridgehead atoms. The molecule has 2 aromatic rings. The Bertz CT molecular complexity index is 493. The molecule has 2 heterocycles. The van der Waals surface area contributed by atoms with Crippen molar-refractivity contribution in [2.45, 2.75) is 0 Å². The van der Waals surface area contributed by atoms with E-state index in [9.17, 15) is 4.79 Å². The minimum Gasteiger partial charge on any atom is -0.464 e.